The van der Waals surface area contributed by atoms with E-state index >= 15 is 4.79 Å². The lowest BCUT2D eigenvalue weighted by Crippen LogP contribution is -2.79. The standard InChI is InChI=1S/C58H87N7O13/c1-51(25-66)16-17-57(50(75)76)33(21-51)29-8-15-56-12-7-13-58(29,30-19-35-47(64-28-63-35)61-22-34(30)57)53(56,3)14-9-39-52(2,26-67)46(78-48-45(73)44(72)38(69)24-77-48)43(71)32(54(39,56)4)18-31-42(65-49(74)55(31)10-5-6-11-55)41(36-23-60-27-62-36)37(68)20-40(59)70/h8,23,27-28,30-34,37-46,48,61,66-73H,5-7,9-22,24-26,59H2,1-4H3,(H,60,62)(H,63,64)(H,65,74)(H,75,76). The van der Waals surface area contributed by atoms with E-state index in [0.29, 0.717) is 70.0 Å². The Hall–Kier alpha value is -3.54. The minimum Gasteiger partial charge on any atom is -0.481 e. The number of rotatable bonds is 12. The van der Waals surface area contributed by atoms with Gasteiger partial charge in [-0.1, -0.05) is 58.6 Å². The molecule has 5 heterocycles. The third-order valence-corrected chi connectivity index (χ3v) is 25.2. The van der Waals surface area contributed by atoms with E-state index in [9.17, 15) is 50.8 Å². The summed E-state index contributed by atoms with van der Waals surface area (Å²) in [5.41, 5.74) is 2.36. The molecule has 20 heteroatoms. The van der Waals surface area contributed by atoms with Crippen LogP contribution in [0.25, 0.3) is 0 Å². The summed E-state index contributed by atoms with van der Waals surface area (Å²) in [6.45, 7) is 8.47. The molecule has 0 aromatic carbocycles. The molecule has 2 bridgehead atoms. The number of hydrogen-bond donors (Lipinski definition) is 14. The van der Waals surface area contributed by atoms with Gasteiger partial charge in [0.2, 0.25) is 5.91 Å². The highest BCUT2D eigenvalue weighted by molar-refractivity contribution is 5.86. The number of nitrogens with zero attached hydrogens (tertiary/aromatic N) is 2. The van der Waals surface area contributed by atoms with Crippen LogP contribution in [0, 0.1) is 78.8 Å². The van der Waals surface area contributed by atoms with Gasteiger partial charge in [0.15, 0.2) is 6.29 Å². The number of aromatic nitrogens is 4. The molecule has 23 unspecified atom stereocenters. The van der Waals surface area contributed by atoms with Crippen molar-refractivity contribution in [2.45, 2.75) is 192 Å². The largest absolute Gasteiger partial charge is 0.481 e. The van der Waals surface area contributed by atoms with Gasteiger partial charge in [-0.3, -0.25) is 9.59 Å². The van der Waals surface area contributed by atoms with Crippen molar-refractivity contribution in [3.8, 4) is 0 Å². The molecule has 3 aliphatic heterocycles. The number of H-pyrrole nitrogens is 2. The summed E-state index contributed by atoms with van der Waals surface area (Å²) in [7, 11) is 0. The number of hydrogen-bond acceptors (Lipinski definition) is 16. The molecule has 2 spiro atoms. The highest BCUT2D eigenvalue weighted by atomic mass is 16.7. The Morgan fingerprint density at radius 2 is 1.68 bits per heavy atom. The molecule has 12 rings (SSSR count). The van der Waals surface area contributed by atoms with Gasteiger partial charge in [-0.25, -0.2) is 9.97 Å². The van der Waals surface area contributed by atoms with Gasteiger partial charge >= 0.3 is 5.97 Å². The number of nitrogens with one attached hydrogen (secondary N) is 4. The maximum atomic E-state index is 15.1. The fourth-order valence-corrected chi connectivity index (χ4v) is 21.7. The number of carboxylic acids is 1. The number of aliphatic hydroxyl groups is 8. The second-order valence-electron chi connectivity index (χ2n) is 27.8. The zero-order valence-corrected chi connectivity index (χ0v) is 45.8. The maximum Gasteiger partial charge on any atom is 0.310 e. The van der Waals surface area contributed by atoms with Crippen LogP contribution in [-0.4, -0.2) is 159 Å². The van der Waals surface area contributed by atoms with E-state index in [2.05, 4.69) is 52.4 Å². The molecule has 10 aliphatic rings. The number of aliphatic carboxylic acids is 1. The Bertz CT molecular complexity index is 2630. The lowest BCUT2D eigenvalue weighted by molar-refractivity contribution is -0.362. The van der Waals surface area contributed by atoms with Crippen molar-refractivity contribution < 1.29 is 65.0 Å². The van der Waals surface area contributed by atoms with Crippen molar-refractivity contribution >= 4 is 17.7 Å². The zero-order valence-electron chi connectivity index (χ0n) is 45.8. The first kappa shape index (κ1) is 55.0. The van der Waals surface area contributed by atoms with Crippen molar-refractivity contribution in [3.63, 3.8) is 0 Å². The summed E-state index contributed by atoms with van der Waals surface area (Å²) in [4.78, 5) is 45.4. The van der Waals surface area contributed by atoms with E-state index in [0.717, 1.165) is 43.6 Å². The number of amides is 1. The highest BCUT2D eigenvalue weighted by Crippen LogP contribution is 2.86. The molecule has 23 atom stereocenters. The van der Waals surface area contributed by atoms with Crippen molar-refractivity contribution in [2.24, 2.45) is 84.6 Å². The van der Waals surface area contributed by atoms with E-state index in [-0.39, 0.29) is 55.6 Å². The first-order valence-corrected chi connectivity index (χ1v) is 29.4. The summed E-state index contributed by atoms with van der Waals surface area (Å²) < 4.78 is 12.8. The fourth-order valence-electron chi connectivity index (χ4n) is 21.7. The number of aromatic amines is 2. The minimum absolute atomic E-state index is 0.0572. The normalized spacial score (nSPS) is 48.3. The van der Waals surface area contributed by atoms with Gasteiger partial charge < -0.3 is 81.8 Å². The Kier molecular flexibility index (Phi) is 13.4. The van der Waals surface area contributed by atoms with Crippen LogP contribution in [0.1, 0.15) is 141 Å². The monoisotopic (exact) mass is 1090 g/mol. The molecule has 2 aromatic rings. The summed E-state index contributed by atoms with van der Waals surface area (Å²) in [5.74, 6) is -3.40. The molecule has 2 saturated heterocycles. The van der Waals surface area contributed by atoms with Crippen LogP contribution in [0.15, 0.2) is 30.5 Å². The number of nitrogens with two attached hydrogens (primary N) is 1. The molecule has 78 heavy (non-hydrogen) atoms. The van der Waals surface area contributed by atoms with Gasteiger partial charge in [0.25, 0.3) is 0 Å². The summed E-state index contributed by atoms with van der Waals surface area (Å²) in [6.07, 6.45) is 5.16. The molecule has 432 valence electrons. The van der Waals surface area contributed by atoms with Crippen molar-refractivity contribution in [1.29, 1.82) is 0 Å². The number of imidazole rings is 2. The molecule has 7 aliphatic carbocycles. The smallest absolute Gasteiger partial charge is 0.310 e. The number of allylic oxidation sites excluding steroid dienone is 2. The number of aliphatic hydroxyl groups excluding tert-OH is 8. The van der Waals surface area contributed by atoms with Gasteiger partial charge in [0.1, 0.15) is 30.4 Å². The van der Waals surface area contributed by atoms with E-state index < -0.39 is 129 Å². The second-order valence-corrected chi connectivity index (χ2v) is 27.8. The molecular weight excluding hydrogens is 1000 g/mol. The molecule has 6 saturated carbocycles. The van der Waals surface area contributed by atoms with Crippen molar-refractivity contribution in [3.05, 3.63) is 41.9 Å². The average Bonchev–Trinajstić information content (AvgIpc) is 1.12. The molecule has 0 radical (unpaired) electrons. The van der Waals surface area contributed by atoms with Crippen LogP contribution in [0.5, 0.6) is 0 Å². The number of carbonyl (C=O) groups is 2. The van der Waals surface area contributed by atoms with Crippen molar-refractivity contribution in [1.82, 2.24) is 25.3 Å². The molecule has 2 aromatic heterocycles. The topological polar surface area (TPSA) is 342 Å². The fraction of sp³-hybridized carbons (Fsp3) is 0.828. The third-order valence-electron chi connectivity index (χ3n) is 25.2. The number of carbonyl (C=O) groups excluding carboxylic acids is 1. The molecule has 8 fully saturated rings. The molecule has 20 nitrogen and oxygen atoms in total. The predicted molar refractivity (Wildman–Crippen MR) is 281 cm³/mol. The van der Waals surface area contributed by atoms with Crippen LogP contribution in [0.4, 0.5) is 5.82 Å². The van der Waals surface area contributed by atoms with Crippen LogP contribution in [-0.2, 0) is 25.5 Å². The summed E-state index contributed by atoms with van der Waals surface area (Å²) in [6, 6.07) is -0.717. The number of carboxylic acid groups (broad SMARTS) is 1. The molecule has 1 amide bonds. The van der Waals surface area contributed by atoms with E-state index in [1.54, 1.807) is 12.5 Å². The molecular formula is C58H87N7O13. The Morgan fingerprint density at radius 3 is 2.37 bits per heavy atom. The first-order chi connectivity index (χ1) is 37.1. The van der Waals surface area contributed by atoms with Gasteiger partial charge in [-0.2, -0.15) is 0 Å². The van der Waals surface area contributed by atoms with E-state index in [1.165, 1.54) is 11.9 Å². The van der Waals surface area contributed by atoms with Gasteiger partial charge in [-0.15, -0.1) is 0 Å². The third kappa shape index (κ3) is 7.15. The lowest BCUT2D eigenvalue weighted by atomic mass is 9.22. The van der Waals surface area contributed by atoms with Crippen LogP contribution in [0.2, 0.25) is 0 Å². The van der Waals surface area contributed by atoms with Gasteiger partial charge in [-0.05, 0) is 134 Å². The quantitative estimate of drug-likeness (QED) is 0.0825. The van der Waals surface area contributed by atoms with Crippen LogP contribution < -0.4 is 16.4 Å². The average molecular weight is 1090 g/mol. The number of anilines is 1. The van der Waals surface area contributed by atoms with Crippen LogP contribution >= 0.6 is 0 Å². The SMILES string of the molecule is CC1(CO)CCC2(C(=O)O)C(C1)C1=CCC34CCCC1(C1Cc5[nH]cnc5NCC12)C3(C)CCC1C(C)(CO)C(OC2OCC(O)C(O)C2O)C(O)C(CC2C(C(c3cnc[nH]3)C(O)CC(N)O)NC(=O)C23CCCC3)C14C. The predicted octanol–water partition coefficient (Wildman–Crippen LogP) is 2.82. The number of ether oxygens (including phenoxy) is 2. The lowest BCUT2D eigenvalue weighted by Gasteiger charge is -2.82. The van der Waals surface area contributed by atoms with Crippen LogP contribution in [0.3, 0.4) is 0 Å². The molecule has 15 N–H and O–H groups in total. The Labute approximate surface area is 456 Å². The Morgan fingerprint density at radius 1 is 0.910 bits per heavy atom. The number of fused-ring (bicyclic) bond motifs is 6. The Balaban J connectivity index is 1.07. The van der Waals surface area contributed by atoms with E-state index in [4.69, 9.17) is 20.2 Å². The van der Waals surface area contributed by atoms with Crippen molar-refractivity contribution in [2.75, 3.05) is 31.7 Å². The maximum absolute atomic E-state index is 15.1. The highest BCUT2D eigenvalue weighted by Gasteiger charge is 2.82. The first-order valence-electron chi connectivity index (χ1n) is 29.4. The van der Waals surface area contributed by atoms with Gasteiger partial charge in [0.05, 0.1) is 60.7 Å². The second kappa shape index (κ2) is 19.0. The summed E-state index contributed by atoms with van der Waals surface area (Å²) >= 11 is 0. The van der Waals surface area contributed by atoms with Gasteiger partial charge in [0, 0.05) is 54.3 Å². The van der Waals surface area contributed by atoms with E-state index in [1.807, 2.05) is 6.92 Å². The summed E-state index contributed by atoms with van der Waals surface area (Å²) in [5, 5.41) is 112. The minimum atomic E-state index is -1.68. The zero-order chi connectivity index (χ0) is 55.3.